The Morgan fingerprint density at radius 1 is 1.09 bits per heavy atom. The van der Waals surface area contributed by atoms with Gasteiger partial charge in [-0.3, -0.25) is 10.1 Å². The number of urea groups is 1. The molecular weight excluding hydrogens is 437 g/mol. The van der Waals surface area contributed by atoms with Gasteiger partial charge in [-0.15, -0.1) is 0 Å². The second-order valence-electron chi connectivity index (χ2n) is 8.14. The summed E-state index contributed by atoms with van der Waals surface area (Å²) in [5.74, 6) is -0.912. The minimum atomic E-state index is -3.84. The van der Waals surface area contributed by atoms with Gasteiger partial charge in [0.1, 0.15) is 17.2 Å². The van der Waals surface area contributed by atoms with Gasteiger partial charge in [0.2, 0.25) is 10.0 Å². The molecule has 2 aliphatic heterocycles. The number of imide groups is 1. The van der Waals surface area contributed by atoms with Crippen LogP contribution >= 0.6 is 0 Å². The van der Waals surface area contributed by atoms with Crippen LogP contribution in [0.4, 0.5) is 9.18 Å². The van der Waals surface area contributed by atoms with Crippen LogP contribution in [0.15, 0.2) is 42.7 Å². The number of rotatable bonds is 7. The van der Waals surface area contributed by atoms with Crippen molar-refractivity contribution in [1.29, 1.82) is 0 Å². The Balaban J connectivity index is 1.45. The van der Waals surface area contributed by atoms with Crippen molar-refractivity contribution in [2.75, 3.05) is 18.8 Å². The summed E-state index contributed by atoms with van der Waals surface area (Å²) in [6, 6.07) is 7.20. The molecule has 0 saturated carbocycles. The van der Waals surface area contributed by atoms with Gasteiger partial charge in [-0.2, -0.15) is 0 Å². The highest BCUT2D eigenvalue weighted by molar-refractivity contribution is 7.89. The predicted molar refractivity (Wildman–Crippen MR) is 113 cm³/mol. The van der Waals surface area contributed by atoms with Crippen LogP contribution in [0.1, 0.15) is 36.6 Å². The third-order valence-electron chi connectivity index (χ3n) is 6.03. The lowest BCUT2D eigenvalue weighted by Crippen LogP contribution is -2.55. The molecule has 4 rings (SSSR count). The second kappa shape index (κ2) is 8.91. The Labute approximate surface area is 185 Å². The summed E-state index contributed by atoms with van der Waals surface area (Å²) in [4.78, 5) is 32.7. The highest BCUT2D eigenvalue weighted by Crippen LogP contribution is 2.31. The Hall–Kier alpha value is -2.92. The SMILES string of the molecule is O=C1NC(=O)C(CCc2ncccn2)(CS(=O)(=O)N2CCC(c3ccc(F)cc3)CC2)N1. The first-order valence-corrected chi connectivity index (χ1v) is 12.0. The van der Waals surface area contributed by atoms with Crippen LogP contribution in [-0.4, -0.2) is 59.0 Å². The van der Waals surface area contributed by atoms with Crippen LogP contribution in [0.5, 0.6) is 0 Å². The number of nitrogens with one attached hydrogen (secondary N) is 2. The van der Waals surface area contributed by atoms with Crippen LogP contribution in [0, 0.1) is 5.82 Å². The minimum Gasteiger partial charge on any atom is -0.322 e. The number of hydrogen-bond donors (Lipinski definition) is 2. The average Bonchev–Trinajstić information content (AvgIpc) is 3.06. The van der Waals surface area contributed by atoms with E-state index in [0.29, 0.717) is 18.7 Å². The normalized spacial score (nSPS) is 22.5. The molecule has 2 aliphatic rings. The van der Waals surface area contributed by atoms with E-state index >= 15 is 0 Å². The molecule has 0 aliphatic carbocycles. The number of amides is 3. The van der Waals surface area contributed by atoms with Gasteiger partial charge in [0.05, 0.1) is 5.75 Å². The zero-order valence-electron chi connectivity index (χ0n) is 17.3. The molecule has 170 valence electrons. The molecule has 3 heterocycles. The lowest BCUT2D eigenvalue weighted by atomic mass is 9.90. The van der Waals surface area contributed by atoms with Crippen LogP contribution in [0.25, 0.3) is 0 Å². The number of carbonyl (C=O) groups is 2. The number of hydrogen-bond acceptors (Lipinski definition) is 6. The molecule has 2 aromatic rings. The Bertz CT molecular complexity index is 1090. The molecule has 3 amide bonds. The van der Waals surface area contributed by atoms with E-state index in [1.54, 1.807) is 30.6 Å². The molecule has 2 N–H and O–H groups in total. The maximum absolute atomic E-state index is 13.2. The van der Waals surface area contributed by atoms with Gasteiger partial charge in [-0.25, -0.2) is 31.9 Å². The van der Waals surface area contributed by atoms with E-state index in [2.05, 4.69) is 20.6 Å². The Kier molecular flexibility index (Phi) is 6.20. The number of benzene rings is 1. The maximum atomic E-state index is 13.2. The van der Waals surface area contributed by atoms with Crippen LogP contribution in [-0.2, 0) is 21.2 Å². The molecule has 0 radical (unpaired) electrons. The first-order chi connectivity index (χ1) is 15.3. The van der Waals surface area contributed by atoms with E-state index in [4.69, 9.17) is 0 Å². The highest BCUT2D eigenvalue weighted by atomic mass is 32.2. The molecule has 1 atom stereocenters. The van der Waals surface area contributed by atoms with E-state index < -0.39 is 33.3 Å². The number of carbonyl (C=O) groups excluding carboxylic acids is 2. The van der Waals surface area contributed by atoms with Crippen molar-refractivity contribution in [3.63, 3.8) is 0 Å². The van der Waals surface area contributed by atoms with Gasteiger partial charge >= 0.3 is 6.03 Å². The summed E-state index contributed by atoms with van der Waals surface area (Å²) in [6.07, 6.45) is 4.59. The number of aromatic nitrogens is 2. The van der Waals surface area contributed by atoms with Gasteiger partial charge in [-0.1, -0.05) is 12.1 Å². The molecule has 0 spiro atoms. The molecule has 0 bridgehead atoms. The summed E-state index contributed by atoms with van der Waals surface area (Å²) in [6.45, 7) is 0.579. The lowest BCUT2D eigenvalue weighted by molar-refractivity contribution is -0.123. The molecular formula is C21H24FN5O4S. The first-order valence-electron chi connectivity index (χ1n) is 10.4. The quantitative estimate of drug-likeness (QED) is 0.600. The highest BCUT2D eigenvalue weighted by Gasteiger charge is 2.50. The largest absolute Gasteiger partial charge is 0.322 e. The number of sulfonamides is 1. The number of halogens is 1. The number of nitrogens with zero attached hydrogens (tertiary/aromatic N) is 3. The number of piperidine rings is 1. The Morgan fingerprint density at radius 3 is 2.34 bits per heavy atom. The number of aryl methyl sites for hydroxylation is 1. The van der Waals surface area contributed by atoms with Gasteiger partial charge in [0.15, 0.2) is 0 Å². The second-order valence-corrected chi connectivity index (χ2v) is 10.1. The van der Waals surface area contributed by atoms with Gasteiger partial charge in [0.25, 0.3) is 5.91 Å². The molecule has 2 saturated heterocycles. The first kappa shape index (κ1) is 22.3. The third-order valence-corrected chi connectivity index (χ3v) is 8.04. The summed E-state index contributed by atoms with van der Waals surface area (Å²) >= 11 is 0. The lowest BCUT2D eigenvalue weighted by Gasteiger charge is -2.34. The van der Waals surface area contributed by atoms with E-state index in [1.165, 1.54) is 16.4 Å². The van der Waals surface area contributed by atoms with E-state index in [-0.39, 0.29) is 37.7 Å². The van der Waals surface area contributed by atoms with Crippen molar-refractivity contribution in [2.45, 2.75) is 37.1 Å². The molecule has 1 aromatic carbocycles. The summed E-state index contributed by atoms with van der Waals surface area (Å²) in [5, 5.41) is 4.69. The van der Waals surface area contributed by atoms with Crippen molar-refractivity contribution in [3.8, 4) is 0 Å². The smallest absolute Gasteiger partial charge is 0.322 e. The zero-order chi connectivity index (χ0) is 22.8. The summed E-state index contributed by atoms with van der Waals surface area (Å²) in [5.41, 5.74) is -0.603. The van der Waals surface area contributed by atoms with E-state index in [0.717, 1.165) is 5.56 Å². The molecule has 2 fully saturated rings. The van der Waals surface area contributed by atoms with Gasteiger partial charge in [-0.05, 0) is 48.9 Å². The third kappa shape index (κ3) is 4.78. The van der Waals surface area contributed by atoms with Crippen LogP contribution in [0.3, 0.4) is 0 Å². The van der Waals surface area contributed by atoms with Crippen molar-refractivity contribution < 1.29 is 22.4 Å². The summed E-state index contributed by atoms with van der Waals surface area (Å²) < 4.78 is 41.0. The van der Waals surface area contributed by atoms with Gasteiger partial charge in [0, 0.05) is 31.9 Å². The van der Waals surface area contributed by atoms with E-state index in [9.17, 15) is 22.4 Å². The zero-order valence-corrected chi connectivity index (χ0v) is 18.1. The van der Waals surface area contributed by atoms with Crippen molar-refractivity contribution >= 4 is 22.0 Å². The van der Waals surface area contributed by atoms with E-state index in [1.807, 2.05) is 0 Å². The summed E-state index contributed by atoms with van der Waals surface area (Å²) in [7, 11) is -3.84. The Morgan fingerprint density at radius 2 is 1.75 bits per heavy atom. The molecule has 11 heteroatoms. The average molecular weight is 462 g/mol. The standard InChI is InChI=1S/C21H24FN5O4S/c22-17-4-2-15(3-5-17)16-7-12-27(13-8-16)32(30,31)14-21(19(28)25-20(29)26-21)9-6-18-23-10-1-11-24-18/h1-5,10-11,16H,6-9,12-14H2,(H2,25,26,28,29). The van der Waals surface area contributed by atoms with Crippen molar-refractivity contribution in [3.05, 3.63) is 59.9 Å². The fourth-order valence-corrected chi connectivity index (χ4v) is 6.19. The monoisotopic (exact) mass is 461 g/mol. The minimum absolute atomic E-state index is 0.0554. The fraction of sp³-hybridized carbons (Fsp3) is 0.429. The topological polar surface area (TPSA) is 121 Å². The van der Waals surface area contributed by atoms with Crippen molar-refractivity contribution in [2.24, 2.45) is 0 Å². The fourth-order valence-electron chi connectivity index (χ4n) is 4.27. The van der Waals surface area contributed by atoms with Gasteiger partial charge < -0.3 is 5.32 Å². The maximum Gasteiger partial charge on any atom is 0.322 e. The van der Waals surface area contributed by atoms with Crippen LogP contribution < -0.4 is 10.6 Å². The molecule has 1 aromatic heterocycles. The molecule has 1 unspecified atom stereocenters. The molecule has 32 heavy (non-hydrogen) atoms. The molecule has 9 nitrogen and oxygen atoms in total. The predicted octanol–water partition coefficient (Wildman–Crippen LogP) is 1.34. The van der Waals surface area contributed by atoms with Crippen molar-refractivity contribution in [1.82, 2.24) is 24.9 Å². The van der Waals surface area contributed by atoms with Crippen LogP contribution in [0.2, 0.25) is 0 Å².